The molecule has 0 spiro atoms. The summed E-state index contributed by atoms with van der Waals surface area (Å²) in [5.74, 6) is 1.01. The maximum Gasteiger partial charge on any atom is 0.0595 e. The predicted molar refractivity (Wildman–Crippen MR) is 88.4 cm³/mol. The maximum atomic E-state index is 6.24. The Hall–Kier alpha value is -0.280. The Balaban J connectivity index is 1.96. The summed E-state index contributed by atoms with van der Waals surface area (Å²) in [5.41, 5.74) is 1.31. The zero-order valence-electron chi connectivity index (χ0n) is 12.9. The van der Waals surface area contributed by atoms with Crippen LogP contribution in [0.3, 0.4) is 0 Å². The van der Waals surface area contributed by atoms with E-state index in [2.05, 4.69) is 31.0 Å². The quantitative estimate of drug-likeness (QED) is 0.804. The summed E-state index contributed by atoms with van der Waals surface area (Å²) >= 11 is 12.3. The van der Waals surface area contributed by atoms with E-state index in [1.807, 2.05) is 13.2 Å². The van der Waals surface area contributed by atoms with Gasteiger partial charge in [-0.15, -0.1) is 0 Å². The highest BCUT2D eigenvalue weighted by Gasteiger charge is 2.47. The fourth-order valence-corrected chi connectivity index (χ4v) is 4.71. The van der Waals surface area contributed by atoms with Gasteiger partial charge in [0.1, 0.15) is 0 Å². The van der Waals surface area contributed by atoms with Crippen LogP contribution < -0.4 is 0 Å². The molecule has 0 aliphatic carbocycles. The first-order chi connectivity index (χ1) is 10.0. The number of fused-ring (bicyclic) bond motifs is 2. The van der Waals surface area contributed by atoms with Crippen LogP contribution in [0, 0.1) is 5.92 Å². The van der Waals surface area contributed by atoms with E-state index >= 15 is 0 Å². The van der Waals surface area contributed by atoms with Gasteiger partial charge < -0.3 is 9.64 Å². The van der Waals surface area contributed by atoms with Crippen molar-refractivity contribution in [3.8, 4) is 0 Å². The average Bonchev–Trinajstić information content (AvgIpc) is 2.72. The van der Waals surface area contributed by atoms with Gasteiger partial charge in [-0.2, -0.15) is 0 Å². The molecule has 2 aliphatic heterocycles. The van der Waals surface area contributed by atoms with Crippen molar-refractivity contribution in [3.63, 3.8) is 0 Å². The minimum absolute atomic E-state index is 0.246. The molecule has 2 heterocycles. The van der Waals surface area contributed by atoms with Crippen molar-refractivity contribution >= 4 is 23.2 Å². The van der Waals surface area contributed by atoms with E-state index in [0.717, 1.165) is 0 Å². The van der Waals surface area contributed by atoms with Gasteiger partial charge in [0.15, 0.2) is 0 Å². The molecule has 1 unspecified atom stereocenters. The zero-order valence-corrected chi connectivity index (χ0v) is 14.4. The lowest BCUT2D eigenvalue weighted by Crippen LogP contribution is -2.49. The predicted octanol–water partition coefficient (Wildman–Crippen LogP) is 4.59. The highest BCUT2D eigenvalue weighted by atomic mass is 35.5. The minimum atomic E-state index is 0.246. The molecule has 21 heavy (non-hydrogen) atoms. The lowest BCUT2D eigenvalue weighted by Gasteiger charge is -2.45. The lowest BCUT2D eigenvalue weighted by atomic mass is 9.73. The SMILES string of the molecule is COC(C)[C@@H]1[C@@H](c2ccc(Cl)c(Cl)c2)C[C@@H]2CC[C@H]1N2C. The second-order valence-electron chi connectivity index (χ2n) is 6.50. The van der Waals surface area contributed by atoms with Crippen LogP contribution in [0.2, 0.25) is 10.0 Å². The third-order valence-corrected chi connectivity index (χ3v) is 6.35. The van der Waals surface area contributed by atoms with E-state index in [1.54, 1.807) is 0 Å². The highest BCUT2D eigenvalue weighted by Crippen LogP contribution is 2.48. The third kappa shape index (κ3) is 2.72. The first-order valence-electron chi connectivity index (χ1n) is 7.72. The molecule has 2 nitrogen and oxygen atoms in total. The van der Waals surface area contributed by atoms with E-state index < -0.39 is 0 Å². The summed E-state index contributed by atoms with van der Waals surface area (Å²) < 4.78 is 5.71. The van der Waals surface area contributed by atoms with Gasteiger partial charge in [0.2, 0.25) is 0 Å². The molecule has 116 valence electrons. The molecule has 5 atom stereocenters. The molecule has 2 aliphatic rings. The number of benzene rings is 1. The van der Waals surface area contributed by atoms with Crippen molar-refractivity contribution in [2.24, 2.45) is 5.92 Å². The van der Waals surface area contributed by atoms with Crippen LogP contribution in [-0.2, 0) is 4.74 Å². The lowest BCUT2D eigenvalue weighted by molar-refractivity contribution is -0.0110. The molecule has 0 aromatic heterocycles. The fraction of sp³-hybridized carbons (Fsp3) is 0.647. The van der Waals surface area contributed by atoms with Crippen LogP contribution in [0.25, 0.3) is 0 Å². The van der Waals surface area contributed by atoms with Gasteiger partial charge in [-0.25, -0.2) is 0 Å². The van der Waals surface area contributed by atoms with E-state index in [1.165, 1.54) is 24.8 Å². The summed E-state index contributed by atoms with van der Waals surface area (Å²) in [5, 5.41) is 1.29. The maximum absolute atomic E-state index is 6.24. The largest absolute Gasteiger partial charge is 0.381 e. The summed E-state index contributed by atoms with van der Waals surface area (Å²) in [6.07, 6.45) is 4.00. The van der Waals surface area contributed by atoms with Crippen LogP contribution >= 0.6 is 23.2 Å². The Kier molecular flexibility index (Phi) is 4.52. The molecule has 1 aromatic carbocycles. The number of rotatable bonds is 3. The van der Waals surface area contributed by atoms with Crippen molar-refractivity contribution < 1.29 is 4.74 Å². The number of piperidine rings is 1. The van der Waals surface area contributed by atoms with Crippen LogP contribution in [0.5, 0.6) is 0 Å². The molecule has 3 rings (SSSR count). The molecule has 0 radical (unpaired) electrons. The molecule has 2 bridgehead atoms. The molecule has 0 amide bonds. The Labute approximate surface area is 137 Å². The second kappa shape index (κ2) is 6.08. The van der Waals surface area contributed by atoms with E-state index in [-0.39, 0.29) is 6.10 Å². The first-order valence-corrected chi connectivity index (χ1v) is 8.48. The van der Waals surface area contributed by atoms with Gasteiger partial charge in [-0.3, -0.25) is 0 Å². The molecule has 0 saturated carbocycles. The monoisotopic (exact) mass is 327 g/mol. The summed E-state index contributed by atoms with van der Waals surface area (Å²) in [7, 11) is 4.08. The molecule has 1 aromatic rings. The Morgan fingerprint density at radius 2 is 2.00 bits per heavy atom. The van der Waals surface area contributed by atoms with Gasteiger partial charge in [0, 0.05) is 25.1 Å². The fourth-order valence-electron chi connectivity index (χ4n) is 4.41. The van der Waals surface area contributed by atoms with Crippen molar-refractivity contribution in [2.75, 3.05) is 14.2 Å². The van der Waals surface area contributed by atoms with Gasteiger partial charge in [0.25, 0.3) is 0 Å². The average molecular weight is 328 g/mol. The van der Waals surface area contributed by atoms with Crippen molar-refractivity contribution in [1.29, 1.82) is 0 Å². The molecule has 4 heteroatoms. The molecular formula is C17H23Cl2NO. The first kappa shape index (κ1) is 15.6. The van der Waals surface area contributed by atoms with Gasteiger partial charge >= 0.3 is 0 Å². The number of halogens is 2. The topological polar surface area (TPSA) is 12.5 Å². The van der Waals surface area contributed by atoms with Gasteiger partial charge in [0.05, 0.1) is 16.1 Å². The second-order valence-corrected chi connectivity index (χ2v) is 7.31. The van der Waals surface area contributed by atoms with E-state index in [4.69, 9.17) is 27.9 Å². The Morgan fingerprint density at radius 3 is 2.67 bits per heavy atom. The number of methoxy groups -OCH3 is 1. The zero-order chi connectivity index (χ0) is 15.1. The number of hydrogen-bond acceptors (Lipinski definition) is 2. The Bertz CT molecular complexity index is 522. The van der Waals surface area contributed by atoms with Crippen molar-refractivity contribution in [2.45, 2.75) is 50.3 Å². The van der Waals surface area contributed by atoms with Crippen LogP contribution in [-0.4, -0.2) is 37.2 Å². The Morgan fingerprint density at radius 1 is 1.24 bits per heavy atom. The normalized spacial score (nSPS) is 34.1. The van der Waals surface area contributed by atoms with Gasteiger partial charge in [-0.05, 0) is 56.8 Å². The van der Waals surface area contributed by atoms with Gasteiger partial charge in [-0.1, -0.05) is 29.3 Å². The number of hydrogen-bond donors (Lipinski definition) is 0. The van der Waals surface area contributed by atoms with Crippen LogP contribution in [0.1, 0.15) is 37.7 Å². The smallest absolute Gasteiger partial charge is 0.0595 e. The van der Waals surface area contributed by atoms with Crippen molar-refractivity contribution in [3.05, 3.63) is 33.8 Å². The standard InChI is InChI=1S/C17H23Cl2NO/c1-10(21-3)17-13(9-12-5-7-16(17)20(12)2)11-4-6-14(18)15(19)8-11/h4,6,8,10,12-13,16-17H,5,7,9H2,1-3H3/t10?,12-,13+,16+,17+/m0/s1. The van der Waals surface area contributed by atoms with Crippen molar-refractivity contribution in [1.82, 2.24) is 4.90 Å². The summed E-state index contributed by atoms with van der Waals surface area (Å²) in [6, 6.07) is 7.41. The molecule has 2 saturated heterocycles. The van der Waals surface area contributed by atoms with E-state index in [0.29, 0.717) is 34.0 Å². The van der Waals surface area contributed by atoms with Crippen LogP contribution in [0.15, 0.2) is 18.2 Å². The number of nitrogens with zero attached hydrogens (tertiary/aromatic N) is 1. The number of ether oxygens (including phenoxy) is 1. The molecule has 2 fully saturated rings. The van der Waals surface area contributed by atoms with Crippen LogP contribution in [0.4, 0.5) is 0 Å². The summed E-state index contributed by atoms with van der Waals surface area (Å²) in [6.45, 7) is 2.20. The molecular weight excluding hydrogens is 305 g/mol. The summed E-state index contributed by atoms with van der Waals surface area (Å²) in [4.78, 5) is 2.56. The molecule has 0 N–H and O–H groups in total. The minimum Gasteiger partial charge on any atom is -0.381 e. The van der Waals surface area contributed by atoms with E-state index in [9.17, 15) is 0 Å². The third-order valence-electron chi connectivity index (χ3n) is 5.62. The highest BCUT2D eigenvalue weighted by molar-refractivity contribution is 6.42.